The van der Waals surface area contributed by atoms with Crippen LogP contribution in [-0.2, 0) is 0 Å². The first kappa shape index (κ1) is 14.1. The maximum atomic E-state index is 3.42. The third kappa shape index (κ3) is 2.77. The number of benzene rings is 1. The second-order valence-electron chi connectivity index (χ2n) is 6.72. The van der Waals surface area contributed by atoms with Crippen LogP contribution in [-0.4, -0.2) is 31.1 Å². The molecule has 2 fully saturated rings. The number of likely N-dealkylation sites (tertiary alicyclic amines) is 1. The zero-order chi connectivity index (χ0) is 14.1. The molecule has 1 aliphatic heterocycles. The van der Waals surface area contributed by atoms with E-state index in [1.165, 1.54) is 43.4 Å². The smallest absolute Gasteiger partial charge is 0.0391 e. The summed E-state index contributed by atoms with van der Waals surface area (Å²) in [6.07, 6.45) is 5.55. The number of hydrogen-bond donors (Lipinski definition) is 1. The molecule has 2 aliphatic rings. The van der Waals surface area contributed by atoms with Gasteiger partial charge in [-0.05, 0) is 82.3 Å². The topological polar surface area (TPSA) is 15.3 Å². The summed E-state index contributed by atoms with van der Waals surface area (Å²) in [6, 6.07) is 8.60. The Bertz CT molecular complexity index is 462. The Labute approximate surface area is 123 Å². The lowest BCUT2D eigenvalue weighted by molar-refractivity contribution is 0.0845. The SMILES string of the molecule is CNCC1CCCN(C2CC2)C1c1ccc(C)c(C)c1. The summed E-state index contributed by atoms with van der Waals surface area (Å²) in [5.74, 6) is 0.761. The van der Waals surface area contributed by atoms with E-state index in [2.05, 4.69) is 49.3 Å². The van der Waals surface area contributed by atoms with Crippen LogP contribution in [0, 0.1) is 19.8 Å². The quantitative estimate of drug-likeness (QED) is 0.903. The molecule has 2 heteroatoms. The molecule has 2 atom stereocenters. The molecule has 0 bridgehead atoms. The van der Waals surface area contributed by atoms with Gasteiger partial charge in [0.15, 0.2) is 0 Å². The minimum atomic E-state index is 0.628. The standard InChI is InChI=1S/C18H28N2/c1-13-6-7-15(11-14(13)2)18-16(12-19-3)5-4-10-20(18)17-8-9-17/h6-7,11,16-19H,4-5,8-10,12H2,1-3H3. The van der Waals surface area contributed by atoms with Gasteiger partial charge < -0.3 is 5.32 Å². The second kappa shape index (κ2) is 5.87. The van der Waals surface area contributed by atoms with E-state index in [4.69, 9.17) is 0 Å². The summed E-state index contributed by atoms with van der Waals surface area (Å²) in [6.45, 7) is 6.89. The number of nitrogens with one attached hydrogen (secondary N) is 1. The van der Waals surface area contributed by atoms with Crippen molar-refractivity contribution < 1.29 is 0 Å². The van der Waals surface area contributed by atoms with E-state index in [0.717, 1.165) is 18.5 Å². The van der Waals surface area contributed by atoms with Crippen LogP contribution in [0.1, 0.15) is 48.4 Å². The second-order valence-corrected chi connectivity index (χ2v) is 6.72. The fourth-order valence-corrected chi connectivity index (χ4v) is 3.81. The highest BCUT2D eigenvalue weighted by Crippen LogP contribution is 2.42. The van der Waals surface area contributed by atoms with Crippen LogP contribution >= 0.6 is 0 Å². The Balaban J connectivity index is 1.91. The average Bonchev–Trinajstić information content (AvgIpc) is 3.27. The van der Waals surface area contributed by atoms with E-state index in [9.17, 15) is 0 Å². The molecular weight excluding hydrogens is 244 g/mol. The summed E-state index contributed by atoms with van der Waals surface area (Å²) in [5.41, 5.74) is 4.39. The lowest BCUT2D eigenvalue weighted by atomic mass is 9.83. The van der Waals surface area contributed by atoms with E-state index in [1.807, 2.05) is 0 Å². The van der Waals surface area contributed by atoms with Gasteiger partial charge in [-0.1, -0.05) is 18.2 Å². The van der Waals surface area contributed by atoms with Gasteiger partial charge in [0.1, 0.15) is 0 Å². The first-order chi connectivity index (χ1) is 9.70. The molecule has 1 N–H and O–H groups in total. The van der Waals surface area contributed by atoms with Gasteiger partial charge in [-0.3, -0.25) is 4.90 Å². The van der Waals surface area contributed by atoms with Crippen molar-refractivity contribution >= 4 is 0 Å². The van der Waals surface area contributed by atoms with Gasteiger partial charge in [0.05, 0.1) is 0 Å². The molecule has 3 rings (SSSR count). The van der Waals surface area contributed by atoms with Crippen LogP contribution in [0.5, 0.6) is 0 Å². The van der Waals surface area contributed by atoms with Crippen LogP contribution in [0.15, 0.2) is 18.2 Å². The minimum Gasteiger partial charge on any atom is -0.319 e. The molecule has 1 saturated carbocycles. The van der Waals surface area contributed by atoms with Gasteiger partial charge in [-0.15, -0.1) is 0 Å². The Kier molecular flexibility index (Phi) is 4.13. The molecule has 2 unspecified atom stereocenters. The molecule has 0 amide bonds. The van der Waals surface area contributed by atoms with Crippen molar-refractivity contribution in [3.8, 4) is 0 Å². The molecule has 20 heavy (non-hydrogen) atoms. The van der Waals surface area contributed by atoms with Gasteiger partial charge in [-0.2, -0.15) is 0 Å². The molecule has 1 saturated heterocycles. The van der Waals surface area contributed by atoms with Gasteiger partial charge in [0, 0.05) is 12.1 Å². The lowest BCUT2D eigenvalue weighted by Gasteiger charge is -2.42. The van der Waals surface area contributed by atoms with Crippen molar-refractivity contribution in [1.82, 2.24) is 10.2 Å². The fraction of sp³-hybridized carbons (Fsp3) is 0.667. The fourth-order valence-electron chi connectivity index (χ4n) is 3.81. The zero-order valence-corrected chi connectivity index (χ0v) is 13.2. The lowest BCUT2D eigenvalue weighted by Crippen LogP contribution is -2.43. The summed E-state index contributed by atoms with van der Waals surface area (Å²) < 4.78 is 0. The molecule has 1 aliphatic carbocycles. The highest BCUT2D eigenvalue weighted by Gasteiger charge is 2.40. The van der Waals surface area contributed by atoms with Gasteiger partial charge in [-0.25, -0.2) is 0 Å². The van der Waals surface area contributed by atoms with E-state index in [-0.39, 0.29) is 0 Å². The minimum absolute atomic E-state index is 0.628. The Morgan fingerprint density at radius 1 is 1.15 bits per heavy atom. The summed E-state index contributed by atoms with van der Waals surface area (Å²) in [4.78, 5) is 2.80. The highest BCUT2D eigenvalue weighted by atomic mass is 15.2. The van der Waals surface area contributed by atoms with E-state index in [0.29, 0.717) is 6.04 Å². The Hall–Kier alpha value is -0.860. The molecule has 110 valence electrons. The van der Waals surface area contributed by atoms with Crippen LogP contribution < -0.4 is 5.32 Å². The number of nitrogens with zero attached hydrogens (tertiary/aromatic N) is 1. The summed E-state index contributed by atoms with van der Waals surface area (Å²) >= 11 is 0. The normalized spacial score (nSPS) is 27.8. The van der Waals surface area contributed by atoms with Crippen molar-refractivity contribution in [3.05, 3.63) is 34.9 Å². The molecule has 1 aromatic carbocycles. The van der Waals surface area contributed by atoms with Gasteiger partial charge in [0.25, 0.3) is 0 Å². The van der Waals surface area contributed by atoms with E-state index < -0.39 is 0 Å². The van der Waals surface area contributed by atoms with Crippen molar-refractivity contribution in [2.75, 3.05) is 20.1 Å². The van der Waals surface area contributed by atoms with Crippen molar-refractivity contribution in [2.24, 2.45) is 5.92 Å². The maximum Gasteiger partial charge on any atom is 0.0391 e. The molecular formula is C18H28N2. The monoisotopic (exact) mass is 272 g/mol. The number of hydrogen-bond acceptors (Lipinski definition) is 2. The zero-order valence-electron chi connectivity index (χ0n) is 13.2. The Morgan fingerprint density at radius 3 is 2.60 bits per heavy atom. The molecule has 1 heterocycles. The summed E-state index contributed by atoms with van der Waals surface area (Å²) in [5, 5.41) is 3.42. The number of piperidine rings is 1. The van der Waals surface area contributed by atoms with Crippen LogP contribution in [0.4, 0.5) is 0 Å². The van der Waals surface area contributed by atoms with Gasteiger partial charge in [0.2, 0.25) is 0 Å². The van der Waals surface area contributed by atoms with Crippen molar-refractivity contribution in [1.29, 1.82) is 0 Å². The van der Waals surface area contributed by atoms with Crippen molar-refractivity contribution in [2.45, 2.75) is 51.6 Å². The predicted octanol–water partition coefficient (Wildman–Crippen LogP) is 3.44. The molecule has 2 nitrogen and oxygen atoms in total. The largest absolute Gasteiger partial charge is 0.319 e. The third-order valence-corrected chi connectivity index (χ3v) is 5.15. The van der Waals surface area contributed by atoms with E-state index in [1.54, 1.807) is 5.56 Å². The number of aryl methyl sites for hydroxylation is 2. The summed E-state index contributed by atoms with van der Waals surface area (Å²) in [7, 11) is 2.09. The first-order valence-electron chi connectivity index (χ1n) is 8.18. The first-order valence-corrected chi connectivity index (χ1v) is 8.18. The molecule has 0 spiro atoms. The molecule has 0 radical (unpaired) electrons. The maximum absolute atomic E-state index is 3.42. The van der Waals surface area contributed by atoms with Crippen LogP contribution in [0.2, 0.25) is 0 Å². The van der Waals surface area contributed by atoms with E-state index >= 15 is 0 Å². The number of rotatable bonds is 4. The third-order valence-electron chi connectivity index (χ3n) is 5.15. The van der Waals surface area contributed by atoms with Crippen LogP contribution in [0.3, 0.4) is 0 Å². The van der Waals surface area contributed by atoms with Crippen LogP contribution in [0.25, 0.3) is 0 Å². The van der Waals surface area contributed by atoms with Gasteiger partial charge >= 0.3 is 0 Å². The van der Waals surface area contributed by atoms with Crippen molar-refractivity contribution in [3.63, 3.8) is 0 Å². The Morgan fingerprint density at radius 2 is 1.95 bits per heavy atom. The molecule has 0 aromatic heterocycles. The average molecular weight is 272 g/mol. The predicted molar refractivity (Wildman–Crippen MR) is 85.0 cm³/mol. The molecule has 1 aromatic rings. The highest BCUT2D eigenvalue weighted by molar-refractivity contribution is 5.32.